The predicted octanol–water partition coefficient (Wildman–Crippen LogP) is 1.19. The molecule has 1 heterocycles. The van der Waals surface area contributed by atoms with E-state index in [1.54, 1.807) is 0 Å². The van der Waals surface area contributed by atoms with E-state index in [1.807, 2.05) is 36.9 Å². The van der Waals surface area contributed by atoms with Gasteiger partial charge in [-0.1, -0.05) is 13.8 Å². The summed E-state index contributed by atoms with van der Waals surface area (Å²) in [4.78, 5) is 0. The monoisotopic (exact) mass is 227 g/mol. The minimum absolute atomic E-state index is 0.0585. The lowest BCUT2D eigenvalue weighted by Crippen LogP contribution is -2.07. The summed E-state index contributed by atoms with van der Waals surface area (Å²) in [6.45, 7) is 5.74. The molecule has 16 heavy (non-hydrogen) atoms. The van der Waals surface area contributed by atoms with Gasteiger partial charge in [-0.3, -0.25) is 0 Å². The zero-order valence-corrected chi connectivity index (χ0v) is 9.97. The van der Waals surface area contributed by atoms with Crippen molar-refractivity contribution in [2.24, 2.45) is 5.92 Å². The maximum atomic E-state index is 9.84. The molecule has 0 bridgehead atoms. The predicted molar refractivity (Wildman–Crippen MR) is 62.1 cm³/mol. The second-order valence-electron chi connectivity index (χ2n) is 4.21. The first-order valence-electron chi connectivity index (χ1n) is 5.67. The summed E-state index contributed by atoms with van der Waals surface area (Å²) in [5, 5.41) is 18.4. The first kappa shape index (κ1) is 13.2. The van der Waals surface area contributed by atoms with E-state index in [0.717, 1.165) is 12.1 Å². The van der Waals surface area contributed by atoms with E-state index in [2.05, 4.69) is 0 Å². The average molecular weight is 227 g/mol. The Balaban J connectivity index is 2.39. The molecule has 1 aromatic rings. The molecule has 0 saturated carbocycles. The number of ether oxygens (including phenoxy) is 1. The van der Waals surface area contributed by atoms with Gasteiger partial charge in [0.25, 0.3) is 0 Å². The van der Waals surface area contributed by atoms with Crippen LogP contribution >= 0.6 is 0 Å². The highest BCUT2D eigenvalue weighted by Gasteiger charge is 2.12. The Labute approximate surface area is 96.5 Å². The van der Waals surface area contributed by atoms with Crippen LogP contribution in [0.1, 0.15) is 25.5 Å². The Morgan fingerprint density at radius 1 is 1.38 bits per heavy atom. The summed E-state index contributed by atoms with van der Waals surface area (Å²) in [6, 6.07) is 1.93. The number of hydrogen-bond acceptors (Lipinski definition) is 3. The molecule has 0 amide bonds. The summed E-state index contributed by atoms with van der Waals surface area (Å²) in [7, 11) is 0. The van der Waals surface area contributed by atoms with Crippen molar-refractivity contribution in [3.63, 3.8) is 0 Å². The second kappa shape index (κ2) is 6.68. The topological polar surface area (TPSA) is 54.6 Å². The molecule has 0 fully saturated rings. The van der Waals surface area contributed by atoms with E-state index in [9.17, 15) is 5.11 Å². The van der Waals surface area contributed by atoms with E-state index < -0.39 is 6.10 Å². The maximum Gasteiger partial charge on any atom is 0.0827 e. The zero-order chi connectivity index (χ0) is 12.0. The number of hydrogen-bond donors (Lipinski definition) is 2. The Bertz CT molecular complexity index is 296. The molecule has 0 aliphatic rings. The van der Waals surface area contributed by atoms with Crippen LogP contribution in [-0.4, -0.2) is 34.6 Å². The molecule has 1 aromatic heterocycles. The van der Waals surface area contributed by atoms with Crippen LogP contribution in [0.3, 0.4) is 0 Å². The minimum atomic E-state index is -0.403. The van der Waals surface area contributed by atoms with Crippen LogP contribution < -0.4 is 0 Å². The van der Waals surface area contributed by atoms with Crippen LogP contribution in [0.4, 0.5) is 0 Å². The van der Waals surface area contributed by atoms with Crippen molar-refractivity contribution in [3.05, 3.63) is 24.0 Å². The molecule has 4 nitrogen and oxygen atoms in total. The van der Waals surface area contributed by atoms with Crippen LogP contribution in [0.25, 0.3) is 0 Å². The molecule has 4 heteroatoms. The van der Waals surface area contributed by atoms with Gasteiger partial charge in [-0.2, -0.15) is 0 Å². The van der Waals surface area contributed by atoms with Crippen molar-refractivity contribution >= 4 is 0 Å². The van der Waals surface area contributed by atoms with Crippen LogP contribution in [-0.2, 0) is 11.3 Å². The lowest BCUT2D eigenvalue weighted by Gasteiger charge is -2.12. The first-order chi connectivity index (χ1) is 7.65. The lowest BCUT2D eigenvalue weighted by atomic mass is 10.0. The molecule has 1 rings (SSSR count). The van der Waals surface area contributed by atoms with Crippen molar-refractivity contribution in [2.45, 2.75) is 26.5 Å². The van der Waals surface area contributed by atoms with Crippen molar-refractivity contribution in [2.75, 3.05) is 19.8 Å². The minimum Gasteiger partial charge on any atom is -0.394 e. The van der Waals surface area contributed by atoms with E-state index in [-0.39, 0.29) is 12.5 Å². The fourth-order valence-electron chi connectivity index (χ4n) is 1.49. The van der Waals surface area contributed by atoms with Gasteiger partial charge in [0.1, 0.15) is 0 Å². The largest absolute Gasteiger partial charge is 0.394 e. The van der Waals surface area contributed by atoms with Gasteiger partial charge >= 0.3 is 0 Å². The van der Waals surface area contributed by atoms with E-state index in [1.165, 1.54) is 0 Å². The maximum absolute atomic E-state index is 9.84. The summed E-state index contributed by atoms with van der Waals surface area (Å²) in [5.74, 6) is 0.224. The molecule has 0 radical (unpaired) electrons. The SMILES string of the molecule is CC(C)C(O)c1ccn(CCOCCO)c1. The molecule has 0 aromatic carbocycles. The number of aliphatic hydroxyl groups excluding tert-OH is 2. The van der Waals surface area contributed by atoms with Gasteiger partial charge < -0.3 is 19.5 Å². The van der Waals surface area contributed by atoms with Gasteiger partial charge in [0, 0.05) is 18.9 Å². The third-order valence-electron chi connectivity index (χ3n) is 2.48. The van der Waals surface area contributed by atoms with Crippen molar-refractivity contribution < 1.29 is 14.9 Å². The Kier molecular flexibility index (Phi) is 5.52. The van der Waals surface area contributed by atoms with Gasteiger partial charge in [-0.15, -0.1) is 0 Å². The molecule has 0 aliphatic heterocycles. The van der Waals surface area contributed by atoms with Gasteiger partial charge in [-0.05, 0) is 17.5 Å². The number of nitrogens with zero attached hydrogens (tertiary/aromatic N) is 1. The molecule has 0 spiro atoms. The summed E-state index contributed by atoms with van der Waals surface area (Å²) in [6.07, 6.45) is 3.47. The zero-order valence-electron chi connectivity index (χ0n) is 9.97. The molecule has 92 valence electrons. The van der Waals surface area contributed by atoms with Gasteiger partial charge in [0.15, 0.2) is 0 Å². The highest BCUT2D eigenvalue weighted by molar-refractivity contribution is 5.14. The second-order valence-corrected chi connectivity index (χ2v) is 4.21. The Morgan fingerprint density at radius 2 is 2.12 bits per heavy atom. The molecule has 1 unspecified atom stereocenters. The average Bonchev–Trinajstić information content (AvgIpc) is 2.72. The van der Waals surface area contributed by atoms with Crippen LogP contribution in [0.15, 0.2) is 18.5 Å². The van der Waals surface area contributed by atoms with Crippen molar-refractivity contribution in [3.8, 4) is 0 Å². The lowest BCUT2D eigenvalue weighted by molar-refractivity contribution is 0.0868. The van der Waals surface area contributed by atoms with E-state index in [0.29, 0.717) is 13.2 Å². The van der Waals surface area contributed by atoms with E-state index >= 15 is 0 Å². The van der Waals surface area contributed by atoms with Crippen LogP contribution in [0.2, 0.25) is 0 Å². The third kappa shape index (κ3) is 3.96. The normalized spacial score (nSPS) is 13.3. The van der Waals surface area contributed by atoms with Crippen LogP contribution in [0, 0.1) is 5.92 Å². The van der Waals surface area contributed by atoms with Crippen molar-refractivity contribution in [1.29, 1.82) is 0 Å². The number of rotatable bonds is 7. The van der Waals surface area contributed by atoms with Crippen molar-refractivity contribution in [1.82, 2.24) is 4.57 Å². The van der Waals surface area contributed by atoms with Gasteiger partial charge in [0.05, 0.1) is 25.9 Å². The smallest absolute Gasteiger partial charge is 0.0827 e. The summed E-state index contributed by atoms with van der Waals surface area (Å²) in [5.41, 5.74) is 0.942. The summed E-state index contributed by atoms with van der Waals surface area (Å²) < 4.78 is 7.16. The molecule has 0 saturated heterocycles. The van der Waals surface area contributed by atoms with Gasteiger partial charge in [0.2, 0.25) is 0 Å². The fourth-order valence-corrected chi connectivity index (χ4v) is 1.49. The quantitative estimate of drug-likeness (QED) is 0.688. The highest BCUT2D eigenvalue weighted by atomic mass is 16.5. The van der Waals surface area contributed by atoms with E-state index in [4.69, 9.17) is 9.84 Å². The Morgan fingerprint density at radius 3 is 2.75 bits per heavy atom. The molecular weight excluding hydrogens is 206 g/mol. The molecule has 0 aliphatic carbocycles. The van der Waals surface area contributed by atoms with Gasteiger partial charge in [-0.25, -0.2) is 0 Å². The standard InChI is InChI=1S/C12H21NO3/c1-10(2)12(15)11-3-4-13(9-11)5-7-16-8-6-14/h3-4,9-10,12,14-15H,5-8H2,1-2H3. The Hall–Kier alpha value is -0.840. The fraction of sp³-hybridized carbons (Fsp3) is 0.667. The first-order valence-corrected chi connectivity index (χ1v) is 5.67. The third-order valence-corrected chi connectivity index (χ3v) is 2.48. The highest BCUT2D eigenvalue weighted by Crippen LogP contribution is 2.21. The number of aliphatic hydroxyl groups is 2. The molecule has 2 N–H and O–H groups in total. The molecular formula is C12H21NO3. The van der Waals surface area contributed by atoms with Crippen LogP contribution in [0.5, 0.6) is 0 Å². The number of aromatic nitrogens is 1. The molecule has 1 atom stereocenters. The summed E-state index contributed by atoms with van der Waals surface area (Å²) >= 11 is 0.